The van der Waals surface area contributed by atoms with Crippen LogP contribution < -0.4 is 5.32 Å². The van der Waals surface area contributed by atoms with Gasteiger partial charge in [0.25, 0.3) is 0 Å². The van der Waals surface area contributed by atoms with Gasteiger partial charge in [0.15, 0.2) is 0 Å². The topological polar surface area (TPSA) is 76.4 Å². The largest absolute Gasteiger partial charge is 0.314 e. The van der Waals surface area contributed by atoms with Crippen LogP contribution in [0.3, 0.4) is 0 Å². The normalized spacial score (nSPS) is 22.8. The first-order valence-corrected chi connectivity index (χ1v) is 9.42. The van der Waals surface area contributed by atoms with Crippen molar-refractivity contribution in [3.8, 4) is 6.07 Å². The van der Waals surface area contributed by atoms with Crippen molar-refractivity contribution in [3.63, 3.8) is 0 Å². The Morgan fingerprint density at radius 3 is 2.62 bits per heavy atom. The quantitative estimate of drug-likeness (QED) is 0.857. The van der Waals surface area contributed by atoms with E-state index in [-0.39, 0.29) is 17.3 Å². The van der Waals surface area contributed by atoms with Crippen LogP contribution in [0.25, 0.3) is 0 Å². The maximum Gasteiger partial charge on any atom is 0.243 e. The molecular formula is C16H23ClN4O2S. The van der Waals surface area contributed by atoms with Gasteiger partial charge < -0.3 is 5.32 Å². The number of rotatable bonds is 3. The molecule has 2 fully saturated rings. The summed E-state index contributed by atoms with van der Waals surface area (Å²) >= 11 is 0. The van der Waals surface area contributed by atoms with E-state index in [1.165, 1.54) is 6.07 Å². The number of hydrogen-bond acceptors (Lipinski definition) is 5. The van der Waals surface area contributed by atoms with Crippen LogP contribution in [0, 0.1) is 18.3 Å². The number of nitrogens with one attached hydrogen (secondary N) is 1. The Morgan fingerprint density at radius 1 is 1.25 bits per heavy atom. The predicted molar refractivity (Wildman–Crippen MR) is 94.7 cm³/mol. The zero-order chi connectivity index (χ0) is 16.4. The molecule has 2 saturated heterocycles. The summed E-state index contributed by atoms with van der Waals surface area (Å²) in [6.45, 7) is 6.74. The molecule has 1 aromatic carbocycles. The Bertz CT molecular complexity index is 726. The smallest absolute Gasteiger partial charge is 0.243 e. The molecule has 1 atom stereocenters. The van der Waals surface area contributed by atoms with E-state index in [1.54, 1.807) is 23.4 Å². The summed E-state index contributed by atoms with van der Waals surface area (Å²) in [6.07, 6.45) is 0.871. The zero-order valence-electron chi connectivity index (χ0n) is 13.7. The van der Waals surface area contributed by atoms with Gasteiger partial charge in [-0.1, -0.05) is 6.07 Å². The van der Waals surface area contributed by atoms with Gasteiger partial charge in [-0.3, -0.25) is 4.90 Å². The summed E-state index contributed by atoms with van der Waals surface area (Å²) in [6, 6.07) is 7.16. The number of nitrogens with zero attached hydrogens (tertiary/aromatic N) is 3. The van der Waals surface area contributed by atoms with Crippen molar-refractivity contribution < 1.29 is 8.42 Å². The van der Waals surface area contributed by atoms with Crippen LogP contribution in [0.2, 0.25) is 0 Å². The number of aryl methyl sites for hydroxylation is 1. The highest BCUT2D eigenvalue weighted by molar-refractivity contribution is 7.89. The highest BCUT2D eigenvalue weighted by Crippen LogP contribution is 2.26. The molecule has 2 aliphatic heterocycles. The molecule has 0 bridgehead atoms. The molecule has 0 radical (unpaired) electrons. The van der Waals surface area contributed by atoms with E-state index in [4.69, 9.17) is 5.26 Å². The maximum atomic E-state index is 12.9. The van der Waals surface area contributed by atoms with Gasteiger partial charge in [-0.25, -0.2) is 8.42 Å². The summed E-state index contributed by atoms with van der Waals surface area (Å²) in [5.41, 5.74) is 1.07. The Morgan fingerprint density at radius 2 is 1.96 bits per heavy atom. The fraction of sp³-hybridized carbons (Fsp3) is 0.562. The third-order valence-corrected chi connectivity index (χ3v) is 6.74. The molecule has 1 unspecified atom stereocenters. The summed E-state index contributed by atoms with van der Waals surface area (Å²) < 4.78 is 27.4. The Balaban J connectivity index is 0.00000208. The summed E-state index contributed by atoms with van der Waals surface area (Å²) in [5, 5.41) is 12.3. The third kappa shape index (κ3) is 3.73. The monoisotopic (exact) mass is 370 g/mol. The Hall–Kier alpha value is -1.17. The van der Waals surface area contributed by atoms with Crippen molar-refractivity contribution in [2.75, 3.05) is 39.3 Å². The summed E-state index contributed by atoms with van der Waals surface area (Å²) in [5.74, 6) is 0. The van der Waals surface area contributed by atoms with Crippen LogP contribution in [0.1, 0.15) is 17.5 Å². The average Bonchev–Trinajstić information content (AvgIpc) is 3.07. The second-order valence-corrected chi connectivity index (χ2v) is 8.09. The van der Waals surface area contributed by atoms with Crippen LogP contribution in [0.5, 0.6) is 0 Å². The van der Waals surface area contributed by atoms with Crippen LogP contribution in [0.4, 0.5) is 0 Å². The summed E-state index contributed by atoms with van der Waals surface area (Å²) in [7, 11) is -3.53. The van der Waals surface area contributed by atoms with E-state index >= 15 is 0 Å². The Kier molecular flexibility index (Phi) is 6.23. The second kappa shape index (κ2) is 7.81. The van der Waals surface area contributed by atoms with Gasteiger partial charge in [0.1, 0.15) is 0 Å². The van der Waals surface area contributed by atoms with Gasteiger partial charge >= 0.3 is 0 Å². The van der Waals surface area contributed by atoms with Crippen LogP contribution in [0.15, 0.2) is 23.1 Å². The lowest BCUT2D eigenvalue weighted by molar-refractivity contribution is 0.179. The molecule has 2 aliphatic rings. The van der Waals surface area contributed by atoms with Crippen molar-refractivity contribution >= 4 is 22.4 Å². The van der Waals surface area contributed by atoms with Crippen molar-refractivity contribution in [1.29, 1.82) is 5.26 Å². The molecule has 0 amide bonds. The molecule has 2 heterocycles. The minimum Gasteiger partial charge on any atom is -0.314 e. The first kappa shape index (κ1) is 19.2. The molecule has 0 aliphatic carbocycles. The highest BCUT2D eigenvalue weighted by Gasteiger charge is 2.36. The van der Waals surface area contributed by atoms with Crippen molar-refractivity contribution in [2.45, 2.75) is 24.3 Å². The summed E-state index contributed by atoms with van der Waals surface area (Å²) in [4.78, 5) is 2.64. The van der Waals surface area contributed by atoms with Gasteiger partial charge in [-0.15, -0.1) is 12.4 Å². The highest BCUT2D eigenvalue weighted by atomic mass is 35.5. The van der Waals surface area contributed by atoms with E-state index in [9.17, 15) is 8.42 Å². The molecule has 8 heteroatoms. The second-order valence-electron chi connectivity index (χ2n) is 6.18. The van der Waals surface area contributed by atoms with Gasteiger partial charge in [-0.2, -0.15) is 9.57 Å². The standard InChI is InChI=1S/C16H22N4O2S.ClH/c1-13-2-3-14(11-17)10-16(13)23(21,22)20-7-4-15(12-20)19-8-5-18-6-9-19;/h2-3,10,15,18H,4-9,12H2,1H3;1H. The van der Waals surface area contributed by atoms with Gasteiger partial charge in [0.05, 0.1) is 16.5 Å². The van der Waals surface area contributed by atoms with Gasteiger partial charge in [-0.05, 0) is 31.0 Å². The third-order valence-electron chi connectivity index (χ3n) is 4.73. The number of sulfonamides is 1. The van der Waals surface area contributed by atoms with E-state index in [2.05, 4.69) is 10.2 Å². The maximum absolute atomic E-state index is 12.9. The van der Waals surface area contributed by atoms with Crippen LogP contribution in [-0.2, 0) is 10.0 Å². The van der Waals surface area contributed by atoms with E-state index in [0.29, 0.717) is 30.3 Å². The lowest BCUT2D eigenvalue weighted by Gasteiger charge is -2.32. The van der Waals surface area contributed by atoms with E-state index in [0.717, 1.165) is 32.6 Å². The van der Waals surface area contributed by atoms with Gasteiger partial charge in [0.2, 0.25) is 10.0 Å². The molecule has 0 aromatic heterocycles. The van der Waals surface area contributed by atoms with Crippen molar-refractivity contribution in [2.24, 2.45) is 0 Å². The molecule has 1 aromatic rings. The van der Waals surface area contributed by atoms with Gasteiger partial charge in [0, 0.05) is 45.3 Å². The average molecular weight is 371 g/mol. The van der Waals surface area contributed by atoms with Crippen molar-refractivity contribution in [3.05, 3.63) is 29.3 Å². The molecular weight excluding hydrogens is 348 g/mol. The first-order chi connectivity index (χ1) is 11.0. The lowest BCUT2D eigenvalue weighted by Crippen LogP contribution is -2.49. The fourth-order valence-electron chi connectivity index (χ4n) is 3.36. The molecule has 3 rings (SSSR count). The number of piperazine rings is 1. The number of hydrogen-bond donors (Lipinski definition) is 1. The number of nitriles is 1. The van der Waals surface area contributed by atoms with Crippen LogP contribution >= 0.6 is 12.4 Å². The minimum absolute atomic E-state index is 0. The fourth-order valence-corrected chi connectivity index (χ4v) is 5.10. The number of halogens is 1. The molecule has 0 saturated carbocycles. The zero-order valence-corrected chi connectivity index (χ0v) is 15.4. The SMILES string of the molecule is Cc1ccc(C#N)cc1S(=O)(=O)N1CCC(N2CCNCC2)C1.Cl. The minimum atomic E-state index is -3.53. The lowest BCUT2D eigenvalue weighted by atomic mass is 10.2. The molecule has 132 valence electrons. The number of benzene rings is 1. The van der Waals surface area contributed by atoms with Crippen molar-refractivity contribution in [1.82, 2.24) is 14.5 Å². The molecule has 6 nitrogen and oxygen atoms in total. The van der Waals surface area contributed by atoms with E-state index in [1.807, 2.05) is 6.07 Å². The predicted octanol–water partition coefficient (Wildman–Crippen LogP) is 0.957. The molecule has 24 heavy (non-hydrogen) atoms. The Labute approximate surface area is 149 Å². The van der Waals surface area contributed by atoms with Crippen LogP contribution in [-0.4, -0.2) is 62.9 Å². The van der Waals surface area contributed by atoms with E-state index < -0.39 is 10.0 Å². The molecule has 0 spiro atoms. The molecule has 1 N–H and O–H groups in total. The first-order valence-electron chi connectivity index (χ1n) is 7.98.